The maximum atomic E-state index is 12.4. The molecule has 1 rings (SSSR count). The van der Waals surface area contributed by atoms with E-state index in [1.165, 1.54) is 13.2 Å². The molecule has 0 aliphatic heterocycles. The lowest BCUT2D eigenvalue weighted by molar-refractivity contribution is -0.0512. The first-order valence-electron chi connectivity index (χ1n) is 6.32. The Bertz CT molecular complexity index is 433. The summed E-state index contributed by atoms with van der Waals surface area (Å²) in [6, 6.07) is 4.79. The van der Waals surface area contributed by atoms with E-state index >= 15 is 0 Å². The number of ether oxygens (including phenoxy) is 2. The van der Waals surface area contributed by atoms with Crippen LogP contribution in [0.1, 0.15) is 31.7 Å². The summed E-state index contributed by atoms with van der Waals surface area (Å²) < 4.78 is 34.3. The topological polar surface area (TPSA) is 64.7 Å². The monoisotopic (exact) mass is 289 g/mol. The number of aliphatic hydroxyl groups excluding tert-OH is 1. The minimum atomic E-state index is -2.93. The van der Waals surface area contributed by atoms with Crippen molar-refractivity contribution in [1.29, 1.82) is 0 Å². The Hall–Kier alpha value is -1.40. The molecule has 1 aromatic carbocycles. The summed E-state index contributed by atoms with van der Waals surface area (Å²) in [6.07, 6.45) is 0.434. The predicted octanol–water partition coefficient (Wildman–Crippen LogP) is 2.50. The van der Waals surface area contributed by atoms with Gasteiger partial charge >= 0.3 is 6.61 Å². The minimum Gasteiger partial charge on any atom is -0.493 e. The highest BCUT2D eigenvalue weighted by Gasteiger charge is 2.27. The van der Waals surface area contributed by atoms with Gasteiger partial charge < -0.3 is 20.3 Å². The van der Waals surface area contributed by atoms with Gasteiger partial charge in [-0.3, -0.25) is 0 Å². The van der Waals surface area contributed by atoms with Crippen molar-refractivity contribution >= 4 is 0 Å². The number of halogens is 2. The van der Waals surface area contributed by atoms with Crippen LogP contribution in [0.4, 0.5) is 8.78 Å². The smallest absolute Gasteiger partial charge is 0.387 e. The average Bonchev–Trinajstić information content (AvgIpc) is 2.33. The van der Waals surface area contributed by atoms with Crippen LogP contribution < -0.4 is 15.2 Å². The van der Waals surface area contributed by atoms with E-state index in [0.717, 1.165) is 5.56 Å². The van der Waals surface area contributed by atoms with Crippen LogP contribution in [-0.4, -0.2) is 31.0 Å². The zero-order valence-corrected chi connectivity index (χ0v) is 11.9. The molecule has 0 radical (unpaired) electrons. The summed E-state index contributed by atoms with van der Waals surface area (Å²) in [5.41, 5.74) is 6.22. The second-order valence-corrected chi connectivity index (χ2v) is 5.18. The molecule has 114 valence electrons. The van der Waals surface area contributed by atoms with Gasteiger partial charge in [-0.25, -0.2) is 0 Å². The molecular formula is C14H21F2NO3. The molecule has 1 atom stereocenters. The average molecular weight is 289 g/mol. The van der Waals surface area contributed by atoms with E-state index in [1.54, 1.807) is 12.1 Å². The van der Waals surface area contributed by atoms with Gasteiger partial charge in [0.25, 0.3) is 0 Å². The van der Waals surface area contributed by atoms with E-state index in [1.807, 2.05) is 13.8 Å². The largest absolute Gasteiger partial charge is 0.493 e. The summed E-state index contributed by atoms with van der Waals surface area (Å²) in [7, 11) is 1.38. The van der Waals surface area contributed by atoms with Crippen LogP contribution in [0.25, 0.3) is 0 Å². The van der Waals surface area contributed by atoms with Crippen molar-refractivity contribution in [1.82, 2.24) is 0 Å². The summed E-state index contributed by atoms with van der Waals surface area (Å²) in [6.45, 7) is 0.681. The lowest BCUT2D eigenvalue weighted by atomic mass is 9.80. The van der Waals surface area contributed by atoms with Gasteiger partial charge in [0.1, 0.15) is 0 Å². The molecule has 4 nitrogen and oxygen atoms in total. The molecule has 6 heteroatoms. The second kappa shape index (κ2) is 6.85. The Balaban J connectivity index is 3.16. The van der Waals surface area contributed by atoms with Crippen LogP contribution in [0.2, 0.25) is 0 Å². The first-order chi connectivity index (χ1) is 9.29. The Morgan fingerprint density at radius 3 is 2.40 bits per heavy atom. The normalized spacial score (nSPS) is 13.4. The van der Waals surface area contributed by atoms with Crippen molar-refractivity contribution < 1.29 is 23.4 Å². The molecule has 20 heavy (non-hydrogen) atoms. The van der Waals surface area contributed by atoms with Crippen LogP contribution in [0.3, 0.4) is 0 Å². The van der Waals surface area contributed by atoms with Crippen LogP contribution in [0.5, 0.6) is 11.5 Å². The molecular weight excluding hydrogens is 268 g/mol. The number of alkyl halides is 2. The molecule has 0 amide bonds. The van der Waals surface area contributed by atoms with Gasteiger partial charge in [0, 0.05) is 18.1 Å². The van der Waals surface area contributed by atoms with E-state index in [-0.39, 0.29) is 24.0 Å². The highest BCUT2D eigenvalue weighted by molar-refractivity contribution is 5.44. The van der Waals surface area contributed by atoms with Gasteiger partial charge in [-0.1, -0.05) is 6.07 Å². The van der Waals surface area contributed by atoms with Gasteiger partial charge in [0.05, 0.1) is 7.11 Å². The molecule has 1 aromatic rings. The Morgan fingerprint density at radius 2 is 1.95 bits per heavy atom. The summed E-state index contributed by atoms with van der Waals surface area (Å²) in [5.74, 6) is 0.0113. The number of rotatable bonds is 7. The zero-order chi connectivity index (χ0) is 15.3. The third-order valence-electron chi connectivity index (χ3n) is 3.12. The fourth-order valence-corrected chi connectivity index (χ4v) is 2.20. The number of benzene rings is 1. The van der Waals surface area contributed by atoms with Crippen molar-refractivity contribution in [3.63, 3.8) is 0 Å². The molecule has 0 spiro atoms. The van der Waals surface area contributed by atoms with Gasteiger partial charge in [-0.2, -0.15) is 8.78 Å². The van der Waals surface area contributed by atoms with Gasteiger partial charge in [-0.05, 0) is 38.0 Å². The SMILES string of the molecule is COc1ccc(C(CCO)C(C)(C)N)cc1OC(F)F. The lowest BCUT2D eigenvalue weighted by Gasteiger charge is -2.31. The first-order valence-corrected chi connectivity index (χ1v) is 6.32. The molecule has 0 bridgehead atoms. The fourth-order valence-electron chi connectivity index (χ4n) is 2.20. The van der Waals surface area contributed by atoms with E-state index in [4.69, 9.17) is 15.6 Å². The molecule has 0 aliphatic carbocycles. The van der Waals surface area contributed by atoms with E-state index in [9.17, 15) is 8.78 Å². The number of aliphatic hydroxyl groups is 1. The second-order valence-electron chi connectivity index (χ2n) is 5.18. The van der Waals surface area contributed by atoms with Gasteiger partial charge in [-0.15, -0.1) is 0 Å². The maximum absolute atomic E-state index is 12.4. The van der Waals surface area contributed by atoms with Gasteiger partial charge in [0.15, 0.2) is 11.5 Å². The fraction of sp³-hybridized carbons (Fsp3) is 0.571. The van der Waals surface area contributed by atoms with Crippen molar-refractivity contribution in [2.24, 2.45) is 5.73 Å². The number of methoxy groups -OCH3 is 1. The van der Waals surface area contributed by atoms with Crippen LogP contribution in [0.15, 0.2) is 18.2 Å². The van der Waals surface area contributed by atoms with Crippen molar-refractivity contribution in [2.45, 2.75) is 38.3 Å². The molecule has 0 saturated heterocycles. The molecule has 1 unspecified atom stereocenters. The number of hydrogen-bond acceptors (Lipinski definition) is 4. The quantitative estimate of drug-likeness (QED) is 0.809. The molecule has 0 heterocycles. The van der Waals surface area contributed by atoms with E-state index < -0.39 is 12.2 Å². The molecule has 3 N–H and O–H groups in total. The van der Waals surface area contributed by atoms with Crippen LogP contribution in [0, 0.1) is 0 Å². The van der Waals surface area contributed by atoms with Crippen LogP contribution >= 0.6 is 0 Å². The summed E-state index contributed by atoms with van der Waals surface area (Å²) in [4.78, 5) is 0. The standard InChI is InChI=1S/C14H21F2NO3/c1-14(2,17)10(6-7-18)9-4-5-11(19-3)12(8-9)20-13(15)16/h4-5,8,10,13,18H,6-7,17H2,1-3H3. The third kappa shape index (κ3) is 4.31. The predicted molar refractivity (Wildman–Crippen MR) is 72.3 cm³/mol. The lowest BCUT2D eigenvalue weighted by Crippen LogP contribution is -2.39. The van der Waals surface area contributed by atoms with E-state index in [2.05, 4.69) is 4.74 Å². The Labute approximate surface area is 117 Å². The van der Waals surface area contributed by atoms with Crippen molar-refractivity contribution in [3.8, 4) is 11.5 Å². The molecule has 0 saturated carbocycles. The Morgan fingerprint density at radius 1 is 1.30 bits per heavy atom. The van der Waals surface area contributed by atoms with Gasteiger partial charge in [0.2, 0.25) is 0 Å². The highest BCUT2D eigenvalue weighted by atomic mass is 19.3. The van der Waals surface area contributed by atoms with Crippen molar-refractivity contribution in [2.75, 3.05) is 13.7 Å². The number of hydrogen-bond donors (Lipinski definition) is 2. The maximum Gasteiger partial charge on any atom is 0.387 e. The Kier molecular flexibility index (Phi) is 5.71. The zero-order valence-electron chi connectivity index (χ0n) is 11.9. The highest BCUT2D eigenvalue weighted by Crippen LogP contribution is 2.36. The first kappa shape index (κ1) is 16.7. The van der Waals surface area contributed by atoms with Crippen LogP contribution in [-0.2, 0) is 0 Å². The van der Waals surface area contributed by atoms with E-state index in [0.29, 0.717) is 6.42 Å². The molecule has 0 aliphatic rings. The molecule has 0 aromatic heterocycles. The summed E-state index contributed by atoms with van der Waals surface area (Å²) in [5, 5.41) is 9.15. The number of nitrogens with two attached hydrogens (primary N) is 1. The van der Waals surface area contributed by atoms with Crippen molar-refractivity contribution in [3.05, 3.63) is 23.8 Å². The third-order valence-corrected chi connectivity index (χ3v) is 3.12. The molecule has 0 fully saturated rings. The minimum absolute atomic E-state index is 0.0350. The summed E-state index contributed by atoms with van der Waals surface area (Å²) >= 11 is 0.